The largest absolute Gasteiger partial charge is 0.381 e. The lowest BCUT2D eigenvalue weighted by Gasteiger charge is -2.15. The van der Waals surface area contributed by atoms with E-state index < -0.39 is 0 Å². The second-order valence-electron chi connectivity index (χ2n) is 3.99. The highest BCUT2D eigenvalue weighted by Gasteiger charge is 2.16. The van der Waals surface area contributed by atoms with Crippen LogP contribution in [0.4, 0.5) is 0 Å². The van der Waals surface area contributed by atoms with Gasteiger partial charge < -0.3 is 4.74 Å². The fourth-order valence-electron chi connectivity index (χ4n) is 2.21. The van der Waals surface area contributed by atoms with Crippen LogP contribution < -0.4 is 0 Å². The summed E-state index contributed by atoms with van der Waals surface area (Å²) in [6, 6.07) is 0. The smallest absolute Gasteiger partial charge is 0.0568 e. The predicted octanol–water partition coefficient (Wildman–Crippen LogP) is 3.38. The van der Waals surface area contributed by atoms with Gasteiger partial charge >= 0.3 is 0 Å². The molecule has 1 nitrogen and oxygen atoms in total. The molecule has 0 N–H and O–H groups in total. The van der Waals surface area contributed by atoms with Gasteiger partial charge in [0, 0.05) is 7.11 Å². The van der Waals surface area contributed by atoms with Gasteiger partial charge in [-0.2, -0.15) is 0 Å². The van der Waals surface area contributed by atoms with Crippen molar-refractivity contribution in [2.24, 2.45) is 5.92 Å². The third kappa shape index (κ3) is 3.14. The minimum atomic E-state index is 0.519. The first-order valence-electron chi connectivity index (χ1n) is 5.39. The van der Waals surface area contributed by atoms with Crippen LogP contribution in [0.25, 0.3) is 0 Å². The van der Waals surface area contributed by atoms with Gasteiger partial charge in [0.05, 0.1) is 6.10 Å². The van der Waals surface area contributed by atoms with Crippen molar-refractivity contribution in [3.63, 3.8) is 0 Å². The molecule has 0 aromatic rings. The number of rotatable bonds is 5. The van der Waals surface area contributed by atoms with E-state index in [4.69, 9.17) is 4.74 Å². The maximum absolute atomic E-state index is 5.36. The highest BCUT2D eigenvalue weighted by Crippen LogP contribution is 2.29. The van der Waals surface area contributed by atoms with Crippen LogP contribution in [0.15, 0.2) is 0 Å². The Hall–Kier alpha value is -0.0400. The lowest BCUT2D eigenvalue weighted by molar-refractivity contribution is 0.0862. The van der Waals surface area contributed by atoms with Crippen LogP contribution in [-0.4, -0.2) is 13.2 Å². The normalized spacial score (nSPS) is 21.5. The summed E-state index contributed by atoms with van der Waals surface area (Å²) in [5.41, 5.74) is 0. The summed E-state index contributed by atoms with van der Waals surface area (Å²) in [5.74, 6) is 1.02. The van der Waals surface area contributed by atoms with Gasteiger partial charge in [0.1, 0.15) is 0 Å². The molecule has 0 amide bonds. The Morgan fingerprint density at radius 3 is 2.50 bits per heavy atom. The Kier molecular flexibility index (Phi) is 4.67. The molecule has 1 aliphatic rings. The predicted molar refractivity (Wildman–Crippen MR) is 52.3 cm³/mol. The molecule has 0 radical (unpaired) electrons. The molecule has 0 saturated heterocycles. The summed E-state index contributed by atoms with van der Waals surface area (Å²) in [6.07, 6.45) is 10.2. The van der Waals surface area contributed by atoms with Crippen molar-refractivity contribution in [2.75, 3.05) is 7.11 Å². The maximum Gasteiger partial charge on any atom is 0.0568 e. The number of hydrogen-bond donors (Lipinski definition) is 0. The summed E-state index contributed by atoms with van der Waals surface area (Å²) in [6.45, 7) is 2.21. The summed E-state index contributed by atoms with van der Waals surface area (Å²) in [5, 5.41) is 0. The third-order valence-electron chi connectivity index (χ3n) is 3.16. The van der Waals surface area contributed by atoms with E-state index in [0.29, 0.717) is 6.10 Å². The van der Waals surface area contributed by atoms with E-state index in [0.717, 1.165) is 5.92 Å². The van der Waals surface area contributed by atoms with Crippen molar-refractivity contribution in [3.8, 4) is 0 Å². The van der Waals surface area contributed by atoms with Crippen molar-refractivity contribution < 1.29 is 4.74 Å². The van der Waals surface area contributed by atoms with Gasteiger partial charge in [0.25, 0.3) is 0 Å². The Labute approximate surface area is 76.5 Å². The topological polar surface area (TPSA) is 9.23 Å². The molecule has 12 heavy (non-hydrogen) atoms. The van der Waals surface area contributed by atoms with Crippen LogP contribution in [0.3, 0.4) is 0 Å². The fourth-order valence-corrected chi connectivity index (χ4v) is 2.21. The fraction of sp³-hybridized carbons (Fsp3) is 1.00. The van der Waals surface area contributed by atoms with Crippen LogP contribution in [0.1, 0.15) is 51.9 Å². The van der Waals surface area contributed by atoms with Crippen molar-refractivity contribution in [2.45, 2.75) is 58.0 Å². The van der Waals surface area contributed by atoms with E-state index in [1.165, 1.54) is 44.9 Å². The van der Waals surface area contributed by atoms with Crippen LogP contribution in [0, 0.1) is 5.92 Å². The zero-order valence-electron chi connectivity index (χ0n) is 8.51. The Balaban J connectivity index is 2.06. The van der Waals surface area contributed by atoms with E-state index in [9.17, 15) is 0 Å². The molecule has 0 aromatic heterocycles. The first-order valence-corrected chi connectivity index (χ1v) is 5.39. The van der Waals surface area contributed by atoms with Crippen molar-refractivity contribution in [3.05, 3.63) is 0 Å². The van der Waals surface area contributed by atoms with Crippen LogP contribution in [0.2, 0.25) is 0 Å². The van der Waals surface area contributed by atoms with Gasteiger partial charge in [-0.15, -0.1) is 0 Å². The zero-order chi connectivity index (χ0) is 8.81. The van der Waals surface area contributed by atoms with Gasteiger partial charge in [-0.1, -0.05) is 32.6 Å². The highest BCUT2D eigenvalue weighted by molar-refractivity contribution is 4.69. The molecule has 1 saturated carbocycles. The molecule has 1 aliphatic carbocycles. The lowest BCUT2D eigenvalue weighted by atomic mass is 9.99. The SMILES string of the molecule is CCC(CCC1CCCC1)OC. The Morgan fingerprint density at radius 1 is 1.33 bits per heavy atom. The van der Waals surface area contributed by atoms with Crippen LogP contribution in [-0.2, 0) is 4.74 Å². The van der Waals surface area contributed by atoms with Gasteiger partial charge in [-0.05, 0) is 25.2 Å². The van der Waals surface area contributed by atoms with Crippen molar-refractivity contribution in [1.82, 2.24) is 0 Å². The minimum Gasteiger partial charge on any atom is -0.381 e. The second kappa shape index (κ2) is 5.58. The standard InChI is InChI=1S/C11H22O/c1-3-11(12-2)9-8-10-6-4-5-7-10/h10-11H,3-9H2,1-2H3. The van der Waals surface area contributed by atoms with Gasteiger partial charge in [-0.3, -0.25) is 0 Å². The van der Waals surface area contributed by atoms with Crippen molar-refractivity contribution in [1.29, 1.82) is 0 Å². The van der Waals surface area contributed by atoms with Crippen LogP contribution >= 0.6 is 0 Å². The molecule has 1 rings (SSSR count). The molecule has 0 spiro atoms. The molecule has 1 atom stereocenters. The van der Waals surface area contributed by atoms with E-state index in [1.807, 2.05) is 7.11 Å². The molecular weight excluding hydrogens is 148 g/mol. The second-order valence-corrected chi connectivity index (χ2v) is 3.99. The van der Waals surface area contributed by atoms with Gasteiger partial charge in [0.15, 0.2) is 0 Å². The first kappa shape index (κ1) is 10.0. The molecular formula is C11H22O. The average molecular weight is 170 g/mol. The Morgan fingerprint density at radius 2 is 2.00 bits per heavy atom. The highest BCUT2D eigenvalue weighted by atomic mass is 16.5. The number of methoxy groups -OCH3 is 1. The lowest BCUT2D eigenvalue weighted by Crippen LogP contribution is -2.10. The maximum atomic E-state index is 5.36. The summed E-state index contributed by atoms with van der Waals surface area (Å²) >= 11 is 0. The zero-order valence-corrected chi connectivity index (χ0v) is 8.51. The monoisotopic (exact) mass is 170 g/mol. The quantitative estimate of drug-likeness (QED) is 0.614. The Bertz CT molecular complexity index is 99.6. The first-order chi connectivity index (χ1) is 5.86. The minimum absolute atomic E-state index is 0.519. The number of ether oxygens (including phenoxy) is 1. The van der Waals surface area contributed by atoms with E-state index in [2.05, 4.69) is 6.92 Å². The number of hydrogen-bond acceptors (Lipinski definition) is 1. The van der Waals surface area contributed by atoms with E-state index in [-0.39, 0.29) is 0 Å². The molecule has 0 heterocycles. The molecule has 0 bridgehead atoms. The van der Waals surface area contributed by atoms with Crippen molar-refractivity contribution >= 4 is 0 Å². The summed E-state index contributed by atoms with van der Waals surface area (Å²) in [4.78, 5) is 0. The van der Waals surface area contributed by atoms with Crippen LogP contribution in [0.5, 0.6) is 0 Å². The third-order valence-corrected chi connectivity index (χ3v) is 3.16. The van der Waals surface area contributed by atoms with E-state index in [1.54, 1.807) is 0 Å². The molecule has 1 unspecified atom stereocenters. The molecule has 0 aromatic carbocycles. The van der Waals surface area contributed by atoms with E-state index >= 15 is 0 Å². The molecule has 72 valence electrons. The molecule has 1 fully saturated rings. The van der Waals surface area contributed by atoms with Gasteiger partial charge in [-0.25, -0.2) is 0 Å². The average Bonchev–Trinajstić information content (AvgIpc) is 2.59. The van der Waals surface area contributed by atoms with Gasteiger partial charge in [0.2, 0.25) is 0 Å². The summed E-state index contributed by atoms with van der Waals surface area (Å²) in [7, 11) is 1.84. The summed E-state index contributed by atoms with van der Waals surface area (Å²) < 4.78 is 5.36. The molecule has 0 aliphatic heterocycles. The molecule has 1 heteroatoms.